The van der Waals surface area contributed by atoms with E-state index in [4.69, 9.17) is 4.74 Å². The topological polar surface area (TPSA) is 71.1 Å². The van der Waals surface area contributed by atoms with E-state index >= 15 is 0 Å². The Balaban J connectivity index is 1.52. The van der Waals surface area contributed by atoms with Crippen LogP contribution in [0.3, 0.4) is 0 Å². The molecule has 0 bridgehead atoms. The number of benzene rings is 2. The number of aromatic nitrogens is 3. The number of ether oxygens (including phenoxy) is 1. The lowest BCUT2D eigenvalue weighted by molar-refractivity contribution is -0.127. The Morgan fingerprint density at radius 3 is 2.68 bits per heavy atom. The Hall–Kier alpha value is -3.06. The molecule has 0 fully saturated rings. The highest BCUT2D eigenvalue weighted by atomic mass is 32.2. The van der Waals surface area contributed by atoms with Gasteiger partial charge in [-0.2, -0.15) is 0 Å². The molecular formula is C21H22N4O2S. The summed E-state index contributed by atoms with van der Waals surface area (Å²) in [7, 11) is 3.41. The van der Waals surface area contributed by atoms with Crippen molar-refractivity contribution in [2.45, 2.75) is 11.7 Å². The molecule has 3 rings (SSSR count). The molecule has 6 nitrogen and oxygen atoms in total. The second-order valence-electron chi connectivity index (χ2n) is 6.10. The van der Waals surface area contributed by atoms with Crippen LogP contribution in [0.5, 0.6) is 5.75 Å². The normalized spacial score (nSPS) is 10.9. The van der Waals surface area contributed by atoms with Crippen LogP contribution in [0.15, 0.2) is 59.8 Å². The zero-order chi connectivity index (χ0) is 19.8. The average molecular weight is 394 g/mol. The number of carbonyl (C=O) groups excluding carboxylic acids is 1. The minimum absolute atomic E-state index is 0.00193. The van der Waals surface area contributed by atoms with Gasteiger partial charge >= 0.3 is 0 Å². The molecule has 0 aliphatic rings. The Morgan fingerprint density at radius 2 is 1.89 bits per heavy atom. The van der Waals surface area contributed by atoms with Gasteiger partial charge in [-0.3, -0.25) is 9.89 Å². The minimum Gasteiger partial charge on any atom is -0.496 e. The van der Waals surface area contributed by atoms with Crippen molar-refractivity contribution >= 4 is 29.8 Å². The summed E-state index contributed by atoms with van der Waals surface area (Å²) in [4.78, 5) is 18.5. The highest BCUT2D eigenvalue weighted by Crippen LogP contribution is 2.20. The molecule has 0 spiro atoms. The zero-order valence-electron chi connectivity index (χ0n) is 15.8. The van der Waals surface area contributed by atoms with Crippen molar-refractivity contribution in [1.29, 1.82) is 0 Å². The van der Waals surface area contributed by atoms with Crippen LogP contribution in [0.25, 0.3) is 12.2 Å². The van der Waals surface area contributed by atoms with Gasteiger partial charge in [0.25, 0.3) is 0 Å². The summed E-state index contributed by atoms with van der Waals surface area (Å²) in [6, 6.07) is 17.6. The number of hydrogen-bond acceptors (Lipinski definition) is 5. The lowest BCUT2D eigenvalue weighted by Crippen LogP contribution is -2.28. The monoisotopic (exact) mass is 394 g/mol. The molecule has 1 aromatic heterocycles. The fourth-order valence-electron chi connectivity index (χ4n) is 2.55. The molecule has 0 aliphatic heterocycles. The third kappa shape index (κ3) is 5.47. The van der Waals surface area contributed by atoms with Gasteiger partial charge in [-0.25, -0.2) is 4.98 Å². The lowest BCUT2D eigenvalue weighted by Gasteiger charge is -2.18. The van der Waals surface area contributed by atoms with Crippen LogP contribution in [0.4, 0.5) is 0 Å². The summed E-state index contributed by atoms with van der Waals surface area (Å²) in [5.74, 6) is 1.70. The molecule has 0 unspecified atom stereocenters. The predicted molar refractivity (Wildman–Crippen MR) is 112 cm³/mol. The molecule has 7 heteroatoms. The molecule has 3 aromatic rings. The van der Waals surface area contributed by atoms with E-state index in [2.05, 4.69) is 15.2 Å². The van der Waals surface area contributed by atoms with Crippen LogP contribution < -0.4 is 4.74 Å². The van der Waals surface area contributed by atoms with E-state index in [-0.39, 0.29) is 11.7 Å². The number of methoxy groups -OCH3 is 1. The number of thioether (sulfide) groups is 1. The van der Waals surface area contributed by atoms with E-state index in [1.54, 1.807) is 19.1 Å². The standard InChI is InChI=1S/C21H22N4O2S/c1-25(14-17-10-6-7-11-18(17)27-2)20(26)15-28-21-22-19(23-24-21)13-12-16-8-4-3-5-9-16/h3-13H,14-15H2,1-2H3,(H,22,23,24)/b13-12+. The van der Waals surface area contributed by atoms with E-state index in [1.165, 1.54) is 11.8 Å². The molecule has 0 saturated carbocycles. The number of amides is 1. The molecule has 0 atom stereocenters. The van der Waals surface area contributed by atoms with Crippen LogP contribution in [0.1, 0.15) is 17.0 Å². The summed E-state index contributed by atoms with van der Waals surface area (Å²) in [6.45, 7) is 0.489. The van der Waals surface area contributed by atoms with Crippen molar-refractivity contribution in [2.75, 3.05) is 19.9 Å². The van der Waals surface area contributed by atoms with Crippen LogP contribution in [-0.2, 0) is 11.3 Å². The number of H-pyrrole nitrogens is 1. The molecular weight excluding hydrogens is 372 g/mol. The van der Waals surface area contributed by atoms with E-state index in [0.29, 0.717) is 17.5 Å². The fourth-order valence-corrected chi connectivity index (χ4v) is 3.30. The van der Waals surface area contributed by atoms with Crippen LogP contribution in [-0.4, -0.2) is 45.9 Å². The van der Waals surface area contributed by atoms with E-state index in [1.807, 2.05) is 66.7 Å². The average Bonchev–Trinajstić information content (AvgIpc) is 3.19. The highest BCUT2D eigenvalue weighted by Gasteiger charge is 2.13. The molecule has 28 heavy (non-hydrogen) atoms. The third-order valence-corrected chi connectivity index (χ3v) is 4.90. The maximum absolute atomic E-state index is 12.4. The maximum atomic E-state index is 12.4. The van der Waals surface area contributed by atoms with E-state index < -0.39 is 0 Å². The van der Waals surface area contributed by atoms with Crippen LogP contribution >= 0.6 is 11.8 Å². The van der Waals surface area contributed by atoms with Crippen molar-refractivity contribution in [3.05, 3.63) is 71.5 Å². The van der Waals surface area contributed by atoms with Gasteiger partial charge < -0.3 is 9.64 Å². The quantitative estimate of drug-likeness (QED) is 0.590. The number of aromatic amines is 1. The van der Waals surface area contributed by atoms with E-state index in [0.717, 1.165) is 16.9 Å². The van der Waals surface area contributed by atoms with Gasteiger partial charge in [-0.15, -0.1) is 5.10 Å². The lowest BCUT2D eigenvalue weighted by atomic mass is 10.2. The number of hydrogen-bond donors (Lipinski definition) is 1. The van der Waals surface area contributed by atoms with Gasteiger partial charge in [0, 0.05) is 19.2 Å². The second kappa shape index (κ2) is 9.75. The molecule has 1 amide bonds. The van der Waals surface area contributed by atoms with Crippen molar-refractivity contribution < 1.29 is 9.53 Å². The summed E-state index contributed by atoms with van der Waals surface area (Å²) < 4.78 is 5.34. The molecule has 1 N–H and O–H groups in total. The largest absolute Gasteiger partial charge is 0.496 e. The number of carbonyl (C=O) groups is 1. The molecule has 0 aliphatic carbocycles. The second-order valence-corrected chi connectivity index (χ2v) is 7.04. The summed E-state index contributed by atoms with van der Waals surface area (Å²) in [6.07, 6.45) is 3.82. The first-order valence-corrected chi connectivity index (χ1v) is 9.78. The van der Waals surface area contributed by atoms with Crippen molar-refractivity contribution in [3.63, 3.8) is 0 Å². The van der Waals surface area contributed by atoms with Gasteiger partial charge in [0.05, 0.1) is 12.9 Å². The van der Waals surface area contributed by atoms with Crippen LogP contribution in [0.2, 0.25) is 0 Å². The predicted octanol–water partition coefficient (Wildman–Crippen LogP) is 3.73. The smallest absolute Gasteiger partial charge is 0.233 e. The fraction of sp³-hybridized carbons (Fsp3) is 0.190. The highest BCUT2D eigenvalue weighted by molar-refractivity contribution is 7.99. The maximum Gasteiger partial charge on any atom is 0.233 e. The van der Waals surface area contributed by atoms with E-state index in [9.17, 15) is 4.79 Å². The Labute approximate surface area is 168 Å². The van der Waals surface area contributed by atoms with Gasteiger partial charge in [0.2, 0.25) is 11.1 Å². The summed E-state index contributed by atoms with van der Waals surface area (Å²) in [5, 5.41) is 7.58. The molecule has 0 saturated heterocycles. The van der Waals surface area contributed by atoms with Crippen molar-refractivity contribution in [3.8, 4) is 5.75 Å². The van der Waals surface area contributed by atoms with Gasteiger partial charge in [-0.1, -0.05) is 66.4 Å². The molecule has 0 radical (unpaired) electrons. The Morgan fingerprint density at radius 1 is 1.14 bits per heavy atom. The zero-order valence-corrected chi connectivity index (χ0v) is 16.6. The molecule has 1 heterocycles. The first kappa shape index (κ1) is 19.7. The molecule has 2 aromatic carbocycles. The van der Waals surface area contributed by atoms with Crippen LogP contribution in [0, 0.1) is 0 Å². The minimum atomic E-state index is 0.00193. The summed E-state index contributed by atoms with van der Waals surface area (Å²) in [5.41, 5.74) is 2.05. The van der Waals surface area contributed by atoms with Gasteiger partial charge in [0.1, 0.15) is 11.6 Å². The number of nitrogens with one attached hydrogen (secondary N) is 1. The Bertz CT molecular complexity index is 940. The summed E-state index contributed by atoms with van der Waals surface area (Å²) >= 11 is 1.31. The van der Waals surface area contributed by atoms with Crippen molar-refractivity contribution in [1.82, 2.24) is 20.1 Å². The number of para-hydroxylation sites is 1. The Kier molecular flexibility index (Phi) is 6.86. The SMILES string of the molecule is COc1ccccc1CN(C)C(=O)CSc1n[nH]c(/C=C/c2ccccc2)n1. The number of rotatable bonds is 8. The van der Waals surface area contributed by atoms with Gasteiger partial charge in [-0.05, 0) is 17.7 Å². The first-order valence-electron chi connectivity index (χ1n) is 8.80. The first-order chi connectivity index (χ1) is 13.7. The van der Waals surface area contributed by atoms with Crippen molar-refractivity contribution in [2.24, 2.45) is 0 Å². The molecule has 144 valence electrons. The number of nitrogens with zero attached hydrogens (tertiary/aromatic N) is 3. The van der Waals surface area contributed by atoms with Gasteiger partial charge in [0.15, 0.2) is 0 Å². The third-order valence-electron chi connectivity index (χ3n) is 4.07.